The highest BCUT2D eigenvalue weighted by Crippen LogP contribution is 2.16. The van der Waals surface area contributed by atoms with Crippen LogP contribution in [0.15, 0.2) is 0 Å². The van der Waals surface area contributed by atoms with Crippen molar-refractivity contribution in [1.29, 1.82) is 0 Å². The van der Waals surface area contributed by atoms with Crippen LogP contribution in [-0.2, 0) is 19.6 Å². The molecule has 7 heteroatoms. The summed E-state index contributed by atoms with van der Waals surface area (Å²) in [5, 5.41) is 0. The van der Waals surface area contributed by atoms with Crippen molar-refractivity contribution in [3.05, 3.63) is 0 Å². The second-order valence-electron chi connectivity index (χ2n) is 8.22. The van der Waals surface area contributed by atoms with Crippen molar-refractivity contribution in [2.45, 2.75) is 85.0 Å². The molecule has 0 aliphatic rings. The Morgan fingerprint density at radius 2 is 1.10 bits per heavy atom. The molecule has 0 atom stereocenters. The SMILES string of the molecule is CCCCC[N+](CCCCC)(CCCCS(=O)(=O)O)CCOCCOCCCC. The lowest BCUT2D eigenvalue weighted by Gasteiger charge is -2.39. The van der Waals surface area contributed by atoms with Crippen molar-refractivity contribution in [1.82, 2.24) is 0 Å². The Kier molecular flexibility index (Phi) is 18.4. The maximum absolute atomic E-state index is 11.0. The number of quaternary nitrogens is 1. The van der Waals surface area contributed by atoms with E-state index < -0.39 is 10.1 Å². The zero-order valence-corrected chi connectivity index (χ0v) is 20.2. The summed E-state index contributed by atoms with van der Waals surface area (Å²) >= 11 is 0. The number of nitrogens with zero attached hydrogens (tertiary/aromatic N) is 1. The van der Waals surface area contributed by atoms with E-state index in [4.69, 9.17) is 14.0 Å². The fraction of sp³-hybridized carbons (Fsp3) is 1.00. The molecule has 0 spiro atoms. The Balaban J connectivity index is 4.62. The van der Waals surface area contributed by atoms with Crippen LogP contribution in [0, 0.1) is 0 Å². The molecule has 0 aliphatic heterocycles. The highest BCUT2D eigenvalue weighted by molar-refractivity contribution is 7.85. The molecule has 0 aliphatic carbocycles. The maximum Gasteiger partial charge on any atom is 0.264 e. The van der Waals surface area contributed by atoms with Crippen LogP contribution in [0.2, 0.25) is 0 Å². The van der Waals surface area contributed by atoms with Crippen molar-refractivity contribution >= 4 is 10.1 Å². The molecule has 29 heavy (non-hydrogen) atoms. The number of hydrogen-bond acceptors (Lipinski definition) is 4. The zero-order valence-electron chi connectivity index (χ0n) is 19.4. The van der Waals surface area contributed by atoms with Gasteiger partial charge in [0.1, 0.15) is 6.54 Å². The van der Waals surface area contributed by atoms with Crippen LogP contribution in [0.1, 0.15) is 85.0 Å². The molecule has 0 unspecified atom stereocenters. The van der Waals surface area contributed by atoms with E-state index in [-0.39, 0.29) is 5.75 Å². The lowest BCUT2D eigenvalue weighted by molar-refractivity contribution is -0.929. The molecular formula is C22H48NO5S+. The minimum absolute atomic E-state index is 0.136. The van der Waals surface area contributed by atoms with Crippen LogP contribution in [0.5, 0.6) is 0 Å². The van der Waals surface area contributed by atoms with E-state index in [1.807, 2.05) is 0 Å². The van der Waals surface area contributed by atoms with E-state index in [0.29, 0.717) is 26.2 Å². The average molecular weight is 439 g/mol. The van der Waals surface area contributed by atoms with Crippen LogP contribution in [0.4, 0.5) is 0 Å². The second-order valence-corrected chi connectivity index (χ2v) is 9.79. The third kappa shape index (κ3) is 18.3. The normalized spacial score (nSPS) is 12.6. The van der Waals surface area contributed by atoms with Crippen molar-refractivity contribution < 1.29 is 26.9 Å². The van der Waals surface area contributed by atoms with Gasteiger partial charge in [0.15, 0.2) is 0 Å². The van der Waals surface area contributed by atoms with Crippen LogP contribution >= 0.6 is 0 Å². The molecule has 0 heterocycles. The third-order valence-corrected chi connectivity index (χ3v) is 6.29. The van der Waals surface area contributed by atoms with E-state index >= 15 is 0 Å². The van der Waals surface area contributed by atoms with Gasteiger partial charge in [0.25, 0.3) is 10.1 Å². The van der Waals surface area contributed by atoms with Gasteiger partial charge in [-0.05, 0) is 44.9 Å². The number of unbranched alkanes of at least 4 members (excludes halogenated alkanes) is 6. The minimum atomic E-state index is -3.86. The molecule has 0 aromatic rings. The fourth-order valence-corrected chi connectivity index (χ4v) is 4.19. The van der Waals surface area contributed by atoms with E-state index in [1.165, 1.54) is 38.5 Å². The first-order valence-electron chi connectivity index (χ1n) is 11.8. The standard InChI is InChI=1S/C22H47NO5S/c1-4-7-10-14-23(15-11-8-5-2,16-12-13-22-29(24,25)26)17-19-28-21-20-27-18-9-6-3/h4-22H2,1-3H3/p+1. The molecule has 0 saturated carbocycles. The summed E-state index contributed by atoms with van der Waals surface area (Å²) in [5.41, 5.74) is 0. The molecule has 6 nitrogen and oxygen atoms in total. The molecule has 0 saturated heterocycles. The maximum atomic E-state index is 11.0. The molecule has 1 N–H and O–H groups in total. The average Bonchev–Trinajstić information content (AvgIpc) is 2.67. The van der Waals surface area contributed by atoms with Gasteiger partial charge < -0.3 is 14.0 Å². The summed E-state index contributed by atoms with van der Waals surface area (Å²) in [5.74, 6) is -0.136. The van der Waals surface area contributed by atoms with Gasteiger partial charge in [-0.25, -0.2) is 0 Å². The summed E-state index contributed by atoms with van der Waals surface area (Å²) in [4.78, 5) is 0. The Hall–Kier alpha value is -0.210. The van der Waals surface area contributed by atoms with Gasteiger partial charge in [0.2, 0.25) is 0 Å². The van der Waals surface area contributed by atoms with Gasteiger partial charge in [-0.2, -0.15) is 8.42 Å². The van der Waals surface area contributed by atoms with Gasteiger partial charge in [0.05, 0.1) is 45.2 Å². The molecule has 0 aromatic carbocycles. The summed E-state index contributed by atoms with van der Waals surface area (Å²) in [6.07, 6.45) is 10.8. The van der Waals surface area contributed by atoms with Crippen LogP contribution in [0.3, 0.4) is 0 Å². The monoisotopic (exact) mass is 438 g/mol. The first kappa shape index (κ1) is 28.8. The minimum Gasteiger partial charge on any atom is -0.379 e. The summed E-state index contributed by atoms with van der Waals surface area (Å²) in [7, 11) is -3.86. The predicted octanol–water partition coefficient (Wildman–Crippen LogP) is 4.68. The van der Waals surface area contributed by atoms with E-state index in [1.54, 1.807) is 0 Å². The van der Waals surface area contributed by atoms with Crippen molar-refractivity contribution in [3.8, 4) is 0 Å². The molecule has 176 valence electrons. The van der Waals surface area contributed by atoms with Crippen molar-refractivity contribution in [2.75, 3.05) is 58.4 Å². The smallest absolute Gasteiger partial charge is 0.264 e. The van der Waals surface area contributed by atoms with E-state index in [2.05, 4.69) is 20.8 Å². The van der Waals surface area contributed by atoms with Gasteiger partial charge in [-0.3, -0.25) is 4.55 Å². The highest BCUT2D eigenvalue weighted by atomic mass is 32.2. The number of ether oxygens (including phenoxy) is 2. The van der Waals surface area contributed by atoms with E-state index in [0.717, 1.165) is 56.5 Å². The van der Waals surface area contributed by atoms with E-state index in [9.17, 15) is 8.42 Å². The number of rotatable bonds is 22. The quantitative estimate of drug-likeness (QED) is 0.151. The van der Waals surface area contributed by atoms with Crippen LogP contribution in [-0.4, -0.2) is 75.8 Å². The van der Waals surface area contributed by atoms with Gasteiger partial charge in [-0.15, -0.1) is 0 Å². The molecular weight excluding hydrogens is 390 g/mol. The van der Waals surface area contributed by atoms with Gasteiger partial charge >= 0.3 is 0 Å². The molecule has 0 radical (unpaired) electrons. The predicted molar refractivity (Wildman–Crippen MR) is 121 cm³/mol. The van der Waals surface area contributed by atoms with Crippen LogP contribution < -0.4 is 0 Å². The highest BCUT2D eigenvalue weighted by Gasteiger charge is 2.26. The molecule has 0 bridgehead atoms. The summed E-state index contributed by atoms with van der Waals surface area (Å²) < 4.78 is 43.5. The topological polar surface area (TPSA) is 72.8 Å². The molecule has 0 aromatic heterocycles. The van der Waals surface area contributed by atoms with Crippen molar-refractivity contribution in [2.24, 2.45) is 0 Å². The third-order valence-electron chi connectivity index (χ3n) is 5.48. The first-order chi connectivity index (χ1) is 13.9. The zero-order chi connectivity index (χ0) is 21.8. The summed E-state index contributed by atoms with van der Waals surface area (Å²) in [6, 6.07) is 0. The largest absolute Gasteiger partial charge is 0.379 e. The summed E-state index contributed by atoms with van der Waals surface area (Å²) in [6.45, 7) is 13.6. The van der Waals surface area contributed by atoms with Crippen molar-refractivity contribution in [3.63, 3.8) is 0 Å². The Morgan fingerprint density at radius 1 is 0.621 bits per heavy atom. The Morgan fingerprint density at radius 3 is 1.59 bits per heavy atom. The molecule has 0 fully saturated rings. The molecule has 0 rings (SSSR count). The second kappa shape index (κ2) is 18.6. The van der Waals surface area contributed by atoms with Gasteiger partial charge in [0, 0.05) is 6.61 Å². The lowest BCUT2D eigenvalue weighted by Crippen LogP contribution is -2.52. The Labute approximate surface area is 180 Å². The number of hydrogen-bond donors (Lipinski definition) is 1. The lowest BCUT2D eigenvalue weighted by atomic mass is 10.1. The van der Waals surface area contributed by atoms with Gasteiger partial charge in [-0.1, -0.05) is 40.0 Å². The first-order valence-corrected chi connectivity index (χ1v) is 13.5. The Bertz CT molecular complexity index is 446. The fourth-order valence-electron chi connectivity index (χ4n) is 3.62. The molecule has 0 amide bonds. The van der Waals surface area contributed by atoms with Crippen LogP contribution in [0.25, 0.3) is 0 Å².